The molecular weight excluding hydrogens is 286 g/mol. The molecule has 0 bridgehead atoms. The van der Waals surface area contributed by atoms with Gasteiger partial charge in [-0.2, -0.15) is 4.31 Å². The molecule has 1 aromatic heterocycles. The van der Waals surface area contributed by atoms with Crippen LogP contribution >= 0.6 is 0 Å². The molecule has 0 aliphatic carbocycles. The van der Waals surface area contributed by atoms with Crippen molar-refractivity contribution in [2.45, 2.75) is 24.3 Å². The van der Waals surface area contributed by atoms with E-state index in [0.717, 1.165) is 19.5 Å². The summed E-state index contributed by atoms with van der Waals surface area (Å²) in [6, 6.07) is 8.92. The molecule has 0 amide bonds. The lowest BCUT2D eigenvalue weighted by Crippen LogP contribution is -2.58. The van der Waals surface area contributed by atoms with Gasteiger partial charge in [-0.05, 0) is 30.7 Å². The van der Waals surface area contributed by atoms with Crippen molar-refractivity contribution < 1.29 is 8.42 Å². The van der Waals surface area contributed by atoms with Crippen molar-refractivity contribution in [1.82, 2.24) is 14.6 Å². The van der Waals surface area contributed by atoms with Gasteiger partial charge in [0.05, 0.1) is 16.5 Å². The first-order valence-corrected chi connectivity index (χ1v) is 8.65. The number of rotatable bonds is 5. The van der Waals surface area contributed by atoms with Gasteiger partial charge in [-0.25, -0.2) is 8.42 Å². The van der Waals surface area contributed by atoms with Crippen LogP contribution in [0.4, 0.5) is 0 Å². The lowest BCUT2D eigenvalue weighted by atomic mass is 10.2. The van der Waals surface area contributed by atoms with Crippen molar-refractivity contribution in [2.24, 2.45) is 0 Å². The third-order valence-electron chi connectivity index (χ3n) is 3.80. The normalized spacial score (nSPS) is 16.3. The van der Waals surface area contributed by atoms with Gasteiger partial charge in [-0.15, -0.1) is 0 Å². The van der Waals surface area contributed by atoms with E-state index in [2.05, 4.69) is 10.3 Å². The van der Waals surface area contributed by atoms with E-state index in [1.165, 1.54) is 0 Å². The van der Waals surface area contributed by atoms with Crippen LogP contribution in [-0.4, -0.2) is 43.4 Å². The van der Waals surface area contributed by atoms with Gasteiger partial charge >= 0.3 is 0 Å². The summed E-state index contributed by atoms with van der Waals surface area (Å²) in [5.41, 5.74) is 0.710. The van der Waals surface area contributed by atoms with E-state index in [0.29, 0.717) is 22.3 Å². The van der Waals surface area contributed by atoms with Crippen LogP contribution in [0.3, 0.4) is 0 Å². The number of nitrogens with zero attached hydrogens (tertiary/aromatic N) is 2. The zero-order valence-corrected chi connectivity index (χ0v) is 12.8. The average Bonchev–Trinajstić information content (AvgIpc) is 2.44. The zero-order valence-electron chi connectivity index (χ0n) is 12.0. The van der Waals surface area contributed by atoms with Gasteiger partial charge in [0.1, 0.15) is 0 Å². The van der Waals surface area contributed by atoms with Crippen LogP contribution in [0.1, 0.15) is 13.3 Å². The highest BCUT2D eigenvalue weighted by Crippen LogP contribution is 2.26. The molecule has 1 fully saturated rings. The van der Waals surface area contributed by atoms with Crippen LogP contribution in [0.25, 0.3) is 10.9 Å². The molecule has 5 nitrogen and oxygen atoms in total. The van der Waals surface area contributed by atoms with Crippen molar-refractivity contribution in [3.05, 3.63) is 36.5 Å². The Morgan fingerprint density at radius 1 is 1.29 bits per heavy atom. The Hall–Kier alpha value is -1.50. The van der Waals surface area contributed by atoms with Crippen LogP contribution in [-0.2, 0) is 10.0 Å². The Kier molecular flexibility index (Phi) is 3.93. The molecule has 0 atom stereocenters. The maximum Gasteiger partial charge on any atom is 0.244 e. The Labute approximate surface area is 125 Å². The molecule has 3 rings (SSSR count). The first kappa shape index (κ1) is 14.4. The number of nitrogens with one attached hydrogen (secondary N) is 1. The first-order valence-electron chi connectivity index (χ1n) is 7.21. The van der Waals surface area contributed by atoms with Crippen LogP contribution in [0.15, 0.2) is 41.4 Å². The number of sulfonamides is 1. The minimum absolute atomic E-state index is 0.0573. The fourth-order valence-corrected chi connectivity index (χ4v) is 4.54. The van der Waals surface area contributed by atoms with Crippen LogP contribution in [0.5, 0.6) is 0 Å². The monoisotopic (exact) mass is 305 g/mol. The van der Waals surface area contributed by atoms with Gasteiger partial charge in [0.2, 0.25) is 10.0 Å². The molecule has 112 valence electrons. The predicted octanol–water partition coefficient (Wildman–Crippen LogP) is 1.61. The maximum absolute atomic E-state index is 13.0. The van der Waals surface area contributed by atoms with Gasteiger partial charge in [-0.3, -0.25) is 4.98 Å². The van der Waals surface area contributed by atoms with Crippen LogP contribution in [0, 0.1) is 0 Å². The molecule has 2 aromatic rings. The molecular formula is C15H19N3O2S. The van der Waals surface area contributed by atoms with E-state index in [1.807, 2.05) is 19.1 Å². The number of aromatic nitrogens is 1. The number of benzene rings is 1. The molecule has 0 saturated carbocycles. The second-order valence-electron chi connectivity index (χ2n) is 5.25. The summed E-state index contributed by atoms with van der Waals surface area (Å²) in [7, 11) is -3.50. The van der Waals surface area contributed by atoms with Crippen LogP contribution < -0.4 is 5.32 Å². The molecule has 0 spiro atoms. The number of hydrogen-bond donors (Lipinski definition) is 1. The van der Waals surface area contributed by atoms with E-state index >= 15 is 0 Å². The zero-order chi connectivity index (χ0) is 14.9. The summed E-state index contributed by atoms with van der Waals surface area (Å²) in [6.45, 7) is 4.00. The van der Waals surface area contributed by atoms with Crippen molar-refractivity contribution in [1.29, 1.82) is 0 Å². The van der Waals surface area contributed by atoms with E-state index in [-0.39, 0.29) is 6.04 Å². The van der Waals surface area contributed by atoms with Crippen molar-refractivity contribution in [2.75, 3.05) is 19.6 Å². The topological polar surface area (TPSA) is 62.3 Å². The van der Waals surface area contributed by atoms with Gasteiger partial charge < -0.3 is 5.32 Å². The second-order valence-corrected chi connectivity index (χ2v) is 7.11. The summed E-state index contributed by atoms with van der Waals surface area (Å²) in [6.07, 6.45) is 2.48. The third kappa shape index (κ3) is 2.54. The Bertz CT molecular complexity index is 736. The van der Waals surface area contributed by atoms with Crippen molar-refractivity contribution in [3.8, 4) is 0 Å². The lowest BCUT2D eigenvalue weighted by molar-refractivity contribution is 0.242. The van der Waals surface area contributed by atoms with Crippen molar-refractivity contribution >= 4 is 20.9 Å². The highest BCUT2D eigenvalue weighted by Gasteiger charge is 2.34. The van der Waals surface area contributed by atoms with Gasteiger partial charge in [0, 0.05) is 31.2 Å². The number of pyridine rings is 1. The minimum atomic E-state index is -3.50. The Balaban J connectivity index is 2.10. The first-order chi connectivity index (χ1) is 10.1. The van der Waals surface area contributed by atoms with E-state index in [9.17, 15) is 8.42 Å². The molecule has 2 heterocycles. The maximum atomic E-state index is 13.0. The summed E-state index contributed by atoms with van der Waals surface area (Å²) >= 11 is 0. The molecule has 0 radical (unpaired) electrons. The highest BCUT2D eigenvalue weighted by molar-refractivity contribution is 7.89. The summed E-state index contributed by atoms with van der Waals surface area (Å²) < 4.78 is 27.7. The van der Waals surface area contributed by atoms with E-state index < -0.39 is 10.0 Å². The minimum Gasteiger partial charge on any atom is -0.313 e. The smallest absolute Gasteiger partial charge is 0.244 e. The third-order valence-corrected chi connectivity index (χ3v) is 5.81. The number of hydrogen-bond acceptors (Lipinski definition) is 4. The number of fused-ring (bicyclic) bond motifs is 1. The molecule has 6 heteroatoms. The largest absolute Gasteiger partial charge is 0.313 e. The highest BCUT2D eigenvalue weighted by atomic mass is 32.2. The van der Waals surface area contributed by atoms with Gasteiger partial charge in [0.15, 0.2) is 0 Å². The average molecular weight is 305 g/mol. The van der Waals surface area contributed by atoms with E-state index in [4.69, 9.17) is 0 Å². The quantitative estimate of drug-likeness (QED) is 0.911. The summed E-state index contributed by atoms with van der Waals surface area (Å²) in [5.74, 6) is 0. The molecule has 1 aromatic carbocycles. The van der Waals surface area contributed by atoms with Gasteiger partial charge in [-0.1, -0.05) is 13.0 Å². The summed E-state index contributed by atoms with van der Waals surface area (Å²) in [4.78, 5) is 4.60. The molecule has 21 heavy (non-hydrogen) atoms. The lowest BCUT2D eigenvalue weighted by Gasteiger charge is -2.37. The predicted molar refractivity (Wildman–Crippen MR) is 82.6 cm³/mol. The van der Waals surface area contributed by atoms with Crippen molar-refractivity contribution in [3.63, 3.8) is 0 Å². The second kappa shape index (κ2) is 5.71. The molecule has 1 aliphatic rings. The Morgan fingerprint density at radius 2 is 2.10 bits per heavy atom. The van der Waals surface area contributed by atoms with E-state index in [1.54, 1.807) is 28.7 Å². The Morgan fingerprint density at radius 3 is 2.76 bits per heavy atom. The molecule has 1 aliphatic heterocycles. The standard InChI is InChI=1S/C15H19N3O2S/c1-2-9-18(12-10-16-11-12)21(19,20)15-7-3-6-14-13(15)5-4-8-17-14/h3-8,12,16H,2,9-11H2,1H3. The fourth-order valence-electron chi connectivity index (χ4n) is 2.62. The fraction of sp³-hybridized carbons (Fsp3) is 0.400. The van der Waals surface area contributed by atoms with Crippen LogP contribution in [0.2, 0.25) is 0 Å². The molecule has 1 saturated heterocycles. The summed E-state index contributed by atoms with van der Waals surface area (Å²) in [5, 5.41) is 3.83. The van der Waals surface area contributed by atoms with Gasteiger partial charge in [0.25, 0.3) is 0 Å². The SMILES string of the molecule is CCCN(C1CNC1)S(=O)(=O)c1cccc2ncccc12. The molecule has 1 N–H and O–H groups in total. The molecule has 0 unspecified atom stereocenters.